The van der Waals surface area contributed by atoms with Crippen molar-refractivity contribution in [2.24, 2.45) is 0 Å². The minimum absolute atomic E-state index is 0.244. The van der Waals surface area contributed by atoms with Gasteiger partial charge in [-0.05, 0) is 48.9 Å². The molecule has 0 atom stereocenters. The first-order valence-electron chi connectivity index (χ1n) is 7.51. The van der Waals surface area contributed by atoms with Gasteiger partial charge in [0.05, 0.1) is 18.3 Å². The van der Waals surface area contributed by atoms with E-state index in [1.54, 1.807) is 28.3 Å². The quantitative estimate of drug-likeness (QED) is 0.771. The van der Waals surface area contributed by atoms with E-state index in [9.17, 15) is 4.39 Å². The van der Waals surface area contributed by atoms with E-state index in [4.69, 9.17) is 5.41 Å². The summed E-state index contributed by atoms with van der Waals surface area (Å²) in [4.78, 5) is 6.89. The lowest BCUT2D eigenvalue weighted by Crippen LogP contribution is -2.22. The van der Waals surface area contributed by atoms with Crippen molar-refractivity contribution in [3.8, 4) is 0 Å². The van der Waals surface area contributed by atoms with Crippen LogP contribution in [0.25, 0.3) is 10.2 Å². The molecular formula is C17H16FN3S. The third kappa shape index (κ3) is 2.25. The molecule has 0 bridgehead atoms. The molecule has 0 unspecified atom stereocenters. The van der Waals surface area contributed by atoms with E-state index in [0.717, 1.165) is 28.6 Å². The summed E-state index contributed by atoms with van der Waals surface area (Å²) in [5, 5.41) is 9.53. The van der Waals surface area contributed by atoms with Crippen LogP contribution in [-0.4, -0.2) is 9.55 Å². The Bertz CT molecular complexity index is 910. The van der Waals surface area contributed by atoms with Crippen molar-refractivity contribution in [3.05, 3.63) is 57.9 Å². The van der Waals surface area contributed by atoms with Crippen LogP contribution >= 0.6 is 11.3 Å². The van der Waals surface area contributed by atoms with Crippen LogP contribution in [-0.2, 0) is 19.4 Å². The Morgan fingerprint density at radius 2 is 2.14 bits per heavy atom. The van der Waals surface area contributed by atoms with E-state index >= 15 is 0 Å². The number of thiophene rings is 1. The Morgan fingerprint density at radius 1 is 1.27 bits per heavy atom. The van der Waals surface area contributed by atoms with Gasteiger partial charge in [-0.2, -0.15) is 0 Å². The molecular weight excluding hydrogens is 297 g/mol. The molecule has 0 radical (unpaired) electrons. The Kier molecular flexibility index (Phi) is 3.30. The zero-order valence-corrected chi connectivity index (χ0v) is 12.9. The number of halogens is 1. The first kappa shape index (κ1) is 13.6. The lowest BCUT2D eigenvalue weighted by Gasteiger charge is -2.11. The average molecular weight is 313 g/mol. The number of rotatable bonds is 2. The Morgan fingerprint density at radius 3 is 3.00 bits per heavy atom. The van der Waals surface area contributed by atoms with Crippen molar-refractivity contribution in [2.45, 2.75) is 32.2 Å². The van der Waals surface area contributed by atoms with Crippen LogP contribution in [0.15, 0.2) is 30.6 Å². The average Bonchev–Trinajstić information content (AvgIpc) is 2.89. The van der Waals surface area contributed by atoms with Gasteiger partial charge < -0.3 is 4.57 Å². The van der Waals surface area contributed by atoms with Gasteiger partial charge in [0.25, 0.3) is 0 Å². The van der Waals surface area contributed by atoms with Crippen molar-refractivity contribution in [1.29, 1.82) is 5.41 Å². The number of aromatic nitrogens is 2. The van der Waals surface area contributed by atoms with Gasteiger partial charge in [0, 0.05) is 4.88 Å². The molecule has 0 amide bonds. The highest BCUT2D eigenvalue weighted by atomic mass is 32.1. The van der Waals surface area contributed by atoms with Crippen molar-refractivity contribution >= 4 is 21.6 Å². The molecule has 3 aromatic rings. The van der Waals surface area contributed by atoms with Crippen LogP contribution < -0.4 is 5.49 Å². The van der Waals surface area contributed by atoms with Gasteiger partial charge in [-0.1, -0.05) is 12.1 Å². The van der Waals surface area contributed by atoms with Gasteiger partial charge in [-0.25, -0.2) is 9.37 Å². The second-order valence-corrected chi connectivity index (χ2v) is 6.83. The minimum atomic E-state index is -0.244. The van der Waals surface area contributed by atoms with E-state index < -0.39 is 0 Å². The van der Waals surface area contributed by atoms with Crippen LogP contribution in [0.5, 0.6) is 0 Å². The topological polar surface area (TPSA) is 41.7 Å². The highest BCUT2D eigenvalue weighted by Gasteiger charge is 2.18. The van der Waals surface area contributed by atoms with E-state index in [1.165, 1.54) is 35.4 Å². The Balaban J connectivity index is 1.82. The minimum Gasteiger partial charge on any atom is -0.312 e. The fourth-order valence-electron chi connectivity index (χ4n) is 3.16. The molecule has 22 heavy (non-hydrogen) atoms. The van der Waals surface area contributed by atoms with Gasteiger partial charge in [-0.3, -0.25) is 5.41 Å². The van der Waals surface area contributed by atoms with E-state index in [0.29, 0.717) is 12.0 Å². The molecule has 2 heterocycles. The first-order valence-corrected chi connectivity index (χ1v) is 8.33. The summed E-state index contributed by atoms with van der Waals surface area (Å²) in [6.07, 6.45) is 6.29. The predicted molar refractivity (Wildman–Crippen MR) is 85.6 cm³/mol. The number of aryl methyl sites for hydroxylation is 2. The van der Waals surface area contributed by atoms with Crippen LogP contribution in [0.3, 0.4) is 0 Å². The number of benzene rings is 1. The molecule has 3 nitrogen and oxygen atoms in total. The maximum Gasteiger partial charge on any atom is 0.136 e. The summed E-state index contributed by atoms with van der Waals surface area (Å²) in [5.41, 5.74) is 2.66. The molecule has 1 aliphatic rings. The summed E-state index contributed by atoms with van der Waals surface area (Å²) >= 11 is 1.73. The zero-order valence-electron chi connectivity index (χ0n) is 12.1. The molecule has 2 aromatic heterocycles. The molecule has 5 heteroatoms. The monoisotopic (exact) mass is 313 g/mol. The van der Waals surface area contributed by atoms with Crippen molar-refractivity contribution in [2.75, 3.05) is 0 Å². The summed E-state index contributed by atoms with van der Waals surface area (Å²) in [6, 6.07) is 6.53. The van der Waals surface area contributed by atoms with E-state index in [1.807, 2.05) is 6.07 Å². The van der Waals surface area contributed by atoms with Crippen LogP contribution in [0.1, 0.15) is 28.8 Å². The largest absolute Gasteiger partial charge is 0.312 e. The third-order valence-corrected chi connectivity index (χ3v) is 5.43. The number of nitrogens with zero attached hydrogens (tertiary/aromatic N) is 2. The molecule has 0 saturated heterocycles. The molecule has 0 spiro atoms. The molecule has 4 rings (SSSR count). The molecule has 0 aliphatic heterocycles. The summed E-state index contributed by atoms with van der Waals surface area (Å²) in [5.74, 6) is -0.244. The molecule has 0 fully saturated rings. The maximum atomic E-state index is 13.3. The molecule has 1 aromatic carbocycles. The fourth-order valence-corrected chi connectivity index (χ4v) is 4.39. The van der Waals surface area contributed by atoms with Gasteiger partial charge in [0.15, 0.2) is 0 Å². The smallest absolute Gasteiger partial charge is 0.136 e. The molecule has 112 valence electrons. The Hall–Kier alpha value is -2.01. The Labute approximate surface area is 131 Å². The maximum absolute atomic E-state index is 13.3. The second kappa shape index (κ2) is 5.32. The lowest BCUT2D eigenvalue weighted by molar-refractivity contribution is 0.621. The highest BCUT2D eigenvalue weighted by molar-refractivity contribution is 7.18. The molecule has 0 saturated carbocycles. The molecule has 1 N–H and O–H groups in total. The van der Waals surface area contributed by atoms with Crippen LogP contribution in [0, 0.1) is 11.2 Å². The number of nitrogens with one attached hydrogen (secondary N) is 1. The van der Waals surface area contributed by atoms with Crippen LogP contribution in [0.4, 0.5) is 4.39 Å². The standard InChI is InChI=1S/C17H16FN3S/c18-12-5-3-4-11(8-12)9-21-10-20-17-15(16(21)19)13-6-1-2-7-14(13)22-17/h3-5,8,10,19H,1-2,6-7,9H2. The van der Waals surface area contributed by atoms with Gasteiger partial charge in [0.2, 0.25) is 0 Å². The highest BCUT2D eigenvalue weighted by Crippen LogP contribution is 2.33. The van der Waals surface area contributed by atoms with Crippen molar-refractivity contribution in [1.82, 2.24) is 9.55 Å². The van der Waals surface area contributed by atoms with Gasteiger partial charge in [-0.15, -0.1) is 11.3 Å². The summed E-state index contributed by atoms with van der Waals surface area (Å²) in [7, 11) is 0. The van der Waals surface area contributed by atoms with Gasteiger partial charge in [0.1, 0.15) is 16.1 Å². The summed E-state index contributed by atoms with van der Waals surface area (Å²) in [6.45, 7) is 0.476. The molecule has 1 aliphatic carbocycles. The SMILES string of the molecule is N=c1c2c3c(sc2ncn1Cc1cccc(F)c1)CCCC3. The third-order valence-electron chi connectivity index (χ3n) is 4.23. The number of hydrogen-bond acceptors (Lipinski definition) is 3. The normalized spacial score (nSPS) is 14.2. The lowest BCUT2D eigenvalue weighted by atomic mass is 9.97. The second-order valence-electron chi connectivity index (χ2n) is 5.74. The van der Waals surface area contributed by atoms with Crippen molar-refractivity contribution in [3.63, 3.8) is 0 Å². The van der Waals surface area contributed by atoms with E-state index in [-0.39, 0.29) is 5.82 Å². The first-order chi connectivity index (χ1) is 10.7. The predicted octanol–water partition coefficient (Wildman–Crippen LogP) is 3.64. The number of hydrogen-bond donors (Lipinski definition) is 1. The summed E-state index contributed by atoms with van der Waals surface area (Å²) < 4.78 is 15.1. The van der Waals surface area contributed by atoms with E-state index in [2.05, 4.69) is 4.98 Å². The van der Waals surface area contributed by atoms with Gasteiger partial charge >= 0.3 is 0 Å². The zero-order chi connectivity index (χ0) is 15.1. The fraction of sp³-hybridized carbons (Fsp3) is 0.294. The number of fused-ring (bicyclic) bond motifs is 3. The van der Waals surface area contributed by atoms with Crippen molar-refractivity contribution < 1.29 is 4.39 Å². The van der Waals surface area contributed by atoms with Crippen LogP contribution in [0.2, 0.25) is 0 Å².